The van der Waals surface area contributed by atoms with Gasteiger partial charge in [0.1, 0.15) is 6.33 Å². The number of pyridine rings is 1. The van der Waals surface area contributed by atoms with Crippen LogP contribution in [0.2, 0.25) is 0 Å². The number of thioether (sulfide) groups is 1. The van der Waals surface area contributed by atoms with Crippen LogP contribution in [0.1, 0.15) is 17.9 Å². The van der Waals surface area contributed by atoms with Crippen molar-refractivity contribution in [2.45, 2.75) is 24.9 Å². The minimum Gasteiger partial charge on any atom is -0.339 e. The number of para-hydroxylation sites is 1. The zero-order chi connectivity index (χ0) is 18.5. The van der Waals surface area contributed by atoms with E-state index in [0.717, 1.165) is 35.0 Å². The third-order valence-corrected chi connectivity index (χ3v) is 5.09. The Morgan fingerprint density at radius 1 is 1.11 bits per heavy atom. The van der Waals surface area contributed by atoms with Crippen molar-refractivity contribution in [3.8, 4) is 17.1 Å². The molecule has 136 valence electrons. The van der Waals surface area contributed by atoms with Gasteiger partial charge in [0.25, 0.3) is 0 Å². The van der Waals surface area contributed by atoms with Gasteiger partial charge in [-0.2, -0.15) is 4.98 Å². The van der Waals surface area contributed by atoms with E-state index in [9.17, 15) is 0 Å². The Bertz CT molecular complexity index is 1010. The van der Waals surface area contributed by atoms with Crippen molar-refractivity contribution in [3.05, 3.63) is 66.6 Å². The molecule has 0 saturated carbocycles. The van der Waals surface area contributed by atoms with Crippen LogP contribution in [-0.2, 0) is 6.42 Å². The molecule has 0 bridgehead atoms. The lowest BCUT2D eigenvalue weighted by Gasteiger charge is -2.08. The molecule has 3 aromatic heterocycles. The Hall–Kier alpha value is -3.00. The summed E-state index contributed by atoms with van der Waals surface area (Å²) in [4.78, 5) is 8.44. The normalized spacial score (nSPS) is 11.0. The van der Waals surface area contributed by atoms with Gasteiger partial charge in [-0.05, 0) is 37.1 Å². The van der Waals surface area contributed by atoms with E-state index < -0.39 is 0 Å². The fourth-order valence-corrected chi connectivity index (χ4v) is 3.54. The fraction of sp³-hybridized carbons (Fsp3) is 0.211. The molecule has 7 nitrogen and oxygen atoms in total. The molecular weight excluding hydrogens is 360 g/mol. The Balaban J connectivity index is 1.34. The van der Waals surface area contributed by atoms with E-state index in [1.807, 2.05) is 28.8 Å². The highest BCUT2D eigenvalue weighted by Crippen LogP contribution is 2.23. The highest BCUT2D eigenvalue weighted by molar-refractivity contribution is 7.99. The van der Waals surface area contributed by atoms with Gasteiger partial charge < -0.3 is 4.52 Å². The first-order chi connectivity index (χ1) is 13.3. The van der Waals surface area contributed by atoms with Gasteiger partial charge in [0.05, 0.1) is 5.69 Å². The molecule has 0 spiro atoms. The molecule has 3 heterocycles. The van der Waals surface area contributed by atoms with Gasteiger partial charge >= 0.3 is 0 Å². The number of benzene rings is 1. The highest BCUT2D eigenvalue weighted by Gasteiger charge is 2.11. The minimum absolute atomic E-state index is 0.597. The first-order valence-corrected chi connectivity index (χ1v) is 9.61. The molecule has 0 atom stereocenters. The van der Waals surface area contributed by atoms with Gasteiger partial charge in [-0.3, -0.25) is 9.55 Å². The number of aryl methyl sites for hydroxylation is 2. The lowest BCUT2D eigenvalue weighted by molar-refractivity contribution is 0.378. The van der Waals surface area contributed by atoms with Crippen LogP contribution >= 0.6 is 11.8 Å². The second kappa shape index (κ2) is 8.13. The topological polar surface area (TPSA) is 82.5 Å². The number of hydrogen-bond acceptors (Lipinski definition) is 7. The van der Waals surface area contributed by atoms with Crippen molar-refractivity contribution in [3.63, 3.8) is 0 Å². The molecule has 8 heteroatoms. The molecule has 0 amide bonds. The first-order valence-electron chi connectivity index (χ1n) is 8.63. The number of hydrogen-bond donors (Lipinski definition) is 0. The van der Waals surface area contributed by atoms with Crippen LogP contribution in [0.4, 0.5) is 0 Å². The van der Waals surface area contributed by atoms with Crippen molar-refractivity contribution in [2.75, 3.05) is 5.75 Å². The summed E-state index contributed by atoms with van der Waals surface area (Å²) in [6.07, 6.45) is 6.82. The maximum absolute atomic E-state index is 5.34. The molecule has 0 aliphatic heterocycles. The summed E-state index contributed by atoms with van der Waals surface area (Å²) in [5, 5.41) is 13.2. The fourth-order valence-electron chi connectivity index (χ4n) is 2.68. The Morgan fingerprint density at radius 2 is 1.96 bits per heavy atom. The Morgan fingerprint density at radius 3 is 2.81 bits per heavy atom. The summed E-state index contributed by atoms with van der Waals surface area (Å²) in [5.74, 6) is 2.12. The molecule has 0 unspecified atom stereocenters. The molecule has 0 fully saturated rings. The van der Waals surface area contributed by atoms with Crippen LogP contribution in [0.3, 0.4) is 0 Å². The van der Waals surface area contributed by atoms with Crippen molar-refractivity contribution < 1.29 is 4.52 Å². The molecule has 0 radical (unpaired) electrons. The predicted octanol–water partition coefficient (Wildman–Crippen LogP) is 3.75. The minimum atomic E-state index is 0.597. The lowest BCUT2D eigenvalue weighted by Crippen LogP contribution is -1.98. The van der Waals surface area contributed by atoms with E-state index >= 15 is 0 Å². The van der Waals surface area contributed by atoms with Gasteiger partial charge in [0.2, 0.25) is 11.7 Å². The smallest absolute Gasteiger partial charge is 0.226 e. The molecule has 0 aliphatic rings. The third-order valence-electron chi connectivity index (χ3n) is 4.06. The van der Waals surface area contributed by atoms with Crippen LogP contribution in [0.5, 0.6) is 0 Å². The van der Waals surface area contributed by atoms with Crippen LogP contribution in [0.25, 0.3) is 17.1 Å². The van der Waals surface area contributed by atoms with Crippen LogP contribution < -0.4 is 0 Å². The zero-order valence-electron chi connectivity index (χ0n) is 14.8. The molecule has 27 heavy (non-hydrogen) atoms. The van der Waals surface area contributed by atoms with Crippen molar-refractivity contribution in [1.82, 2.24) is 29.9 Å². The molecule has 0 saturated heterocycles. The summed E-state index contributed by atoms with van der Waals surface area (Å²) < 4.78 is 7.36. The molecule has 1 aromatic carbocycles. The molecular formula is C19H18N6OS. The quantitative estimate of drug-likeness (QED) is 0.358. The van der Waals surface area contributed by atoms with E-state index in [2.05, 4.69) is 44.4 Å². The average molecular weight is 378 g/mol. The second-order valence-electron chi connectivity index (χ2n) is 5.97. The summed E-state index contributed by atoms with van der Waals surface area (Å²) >= 11 is 1.67. The monoisotopic (exact) mass is 378 g/mol. The second-order valence-corrected chi connectivity index (χ2v) is 7.03. The van der Waals surface area contributed by atoms with Crippen LogP contribution in [0.15, 0.2) is 64.8 Å². The van der Waals surface area contributed by atoms with E-state index in [1.165, 1.54) is 5.56 Å². The zero-order valence-corrected chi connectivity index (χ0v) is 15.6. The summed E-state index contributed by atoms with van der Waals surface area (Å²) in [6, 6.07) is 11.9. The van der Waals surface area contributed by atoms with E-state index in [-0.39, 0.29) is 0 Å². The van der Waals surface area contributed by atoms with Gasteiger partial charge in [0, 0.05) is 30.1 Å². The van der Waals surface area contributed by atoms with E-state index in [4.69, 9.17) is 4.52 Å². The number of nitrogens with zero attached hydrogens (tertiary/aromatic N) is 6. The summed E-state index contributed by atoms with van der Waals surface area (Å²) in [5.41, 5.74) is 3.19. The standard InChI is InChI=1S/C19H18N6OS/c1-14-5-2-3-6-16(14)25-13-21-23-19(25)27-12-4-7-17-22-18(24-26-17)15-8-10-20-11-9-15/h2-3,5-6,8-11,13H,4,7,12H2,1H3. The maximum Gasteiger partial charge on any atom is 0.226 e. The first kappa shape index (κ1) is 17.4. The molecule has 0 aliphatic carbocycles. The molecule has 4 rings (SSSR count). The van der Waals surface area contributed by atoms with Gasteiger partial charge in [0.15, 0.2) is 5.16 Å². The third kappa shape index (κ3) is 4.06. The maximum atomic E-state index is 5.34. The van der Waals surface area contributed by atoms with Crippen LogP contribution in [0, 0.1) is 6.92 Å². The average Bonchev–Trinajstić information content (AvgIpc) is 3.36. The summed E-state index contributed by atoms with van der Waals surface area (Å²) in [7, 11) is 0. The number of rotatable bonds is 7. The predicted molar refractivity (Wildman–Crippen MR) is 103 cm³/mol. The van der Waals surface area contributed by atoms with Crippen molar-refractivity contribution >= 4 is 11.8 Å². The highest BCUT2D eigenvalue weighted by atomic mass is 32.2. The molecule has 4 aromatic rings. The largest absolute Gasteiger partial charge is 0.339 e. The SMILES string of the molecule is Cc1ccccc1-n1cnnc1SCCCc1nc(-c2ccncc2)no1. The van der Waals surface area contributed by atoms with E-state index in [1.54, 1.807) is 30.5 Å². The van der Waals surface area contributed by atoms with Gasteiger partial charge in [-0.25, -0.2) is 0 Å². The van der Waals surface area contributed by atoms with E-state index in [0.29, 0.717) is 11.7 Å². The van der Waals surface area contributed by atoms with Crippen molar-refractivity contribution in [1.29, 1.82) is 0 Å². The summed E-state index contributed by atoms with van der Waals surface area (Å²) in [6.45, 7) is 2.08. The van der Waals surface area contributed by atoms with Gasteiger partial charge in [-0.15, -0.1) is 10.2 Å². The Labute approximate surface area is 160 Å². The van der Waals surface area contributed by atoms with Crippen LogP contribution in [-0.4, -0.2) is 35.6 Å². The van der Waals surface area contributed by atoms with Crippen molar-refractivity contribution in [2.24, 2.45) is 0 Å². The van der Waals surface area contributed by atoms with Gasteiger partial charge in [-0.1, -0.05) is 35.1 Å². The Kier molecular flexibility index (Phi) is 5.24. The molecule has 0 N–H and O–H groups in total. The number of aromatic nitrogens is 6. The lowest BCUT2D eigenvalue weighted by atomic mass is 10.2.